The smallest absolute Gasteiger partial charge is 0.323 e. The van der Waals surface area contributed by atoms with Gasteiger partial charge < -0.3 is 9.84 Å². The van der Waals surface area contributed by atoms with E-state index in [1.807, 2.05) is 0 Å². The highest BCUT2D eigenvalue weighted by Gasteiger charge is 2.23. The molecule has 1 unspecified atom stereocenters. The van der Waals surface area contributed by atoms with Gasteiger partial charge in [-0.2, -0.15) is 0 Å². The fraction of sp³-hybridized carbons (Fsp3) is 0.250. The van der Waals surface area contributed by atoms with Crippen LogP contribution in [0, 0.1) is 5.82 Å². The van der Waals surface area contributed by atoms with Crippen molar-refractivity contribution in [2.45, 2.75) is 24.8 Å². The Bertz CT molecular complexity index is 902. The van der Waals surface area contributed by atoms with Gasteiger partial charge in [-0.25, -0.2) is 4.39 Å². The summed E-state index contributed by atoms with van der Waals surface area (Å²) in [5, 5.41) is 8.78. The number of alkyl halides is 1. The minimum Gasteiger partial charge on any atom is -0.480 e. The second-order valence-electron chi connectivity index (χ2n) is 6.11. The molecule has 0 saturated heterocycles. The van der Waals surface area contributed by atoms with Crippen molar-refractivity contribution in [2.75, 3.05) is 11.4 Å². The molecule has 9 heteroatoms. The highest BCUT2D eigenvalue weighted by atomic mass is 79.9. The normalized spacial score (nSPS) is 11.6. The Labute approximate surface area is 183 Å². The number of aliphatic carboxylic acids is 1. The van der Waals surface area contributed by atoms with Gasteiger partial charge >= 0.3 is 11.9 Å². The standard InChI is InChI=1S/C20H18Br2FNO5/c1-12(21)29-19(27)9-4-13-2-5-14(6-3-13)20(28)24(11-18(25)26)17-8-7-15(22)10-16(17)23/h2-3,5-8,10,12H,4,9,11H2,1H3,(H,25,26). The quantitative estimate of drug-likeness (QED) is 0.400. The first-order valence-electron chi connectivity index (χ1n) is 8.58. The molecule has 154 valence electrons. The van der Waals surface area contributed by atoms with Crippen LogP contribution >= 0.6 is 31.9 Å². The van der Waals surface area contributed by atoms with Crippen molar-refractivity contribution in [3.63, 3.8) is 0 Å². The molecule has 0 aliphatic carbocycles. The third kappa shape index (κ3) is 6.93. The average molecular weight is 531 g/mol. The van der Waals surface area contributed by atoms with Crippen LogP contribution in [0.15, 0.2) is 46.9 Å². The topological polar surface area (TPSA) is 83.9 Å². The van der Waals surface area contributed by atoms with E-state index in [4.69, 9.17) is 9.84 Å². The van der Waals surface area contributed by atoms with Crippen molar-refractivity contribution in [1.29, 1.82) is 0 Å². The molecule has 0 fully saturated rings. The lowest BCUT2D eigenvalue weighted by Crippen LogP contribution is -2.36. The van der Waals surface area contributed by atoms with Crippen LogP contribution in [0.5, 0.6) is 0 Å². The van der Waals surface area contributed by atoms with Crippen LogP contribution in [0.25, 0.3) is 0 Å². The molecule has 0 heterocycles. The predicted molar refractivity (Wildman–Crippen MR) is 113 cm³/mol. The number of hydrogen-bond donors (Lipinski definition) is 1. The molecule has 1 amide bonds. The lowest BCUT2D eigenvalue weighted by atomic mass is 10.1. The lowest BCUT2D eigenvalue weighted by Gasteiger charge is -2.21. The van der Waals surface area contributed by atoms with E-state index in [0.717, 1.165) is 16.5 Å². The average Bonchev–Trinajstić information content (AvgIpc) is 2.64. The van der Waals surface area contributed by atoms with E-state index in [1.165, 1.54) is 24.3 Å². The van der Waals surface area contributed by atoms with Crippen LogP contribution in [0.1, 0.15) is 29.3 Å². The molecule has 2 aromatic carbocycles. The number of carboxylic acid groups (broad SMARTS) is 1. The van der Waals surface area contributed by atoms with Gasteiger partial charge in [-0.1, -0.05) is 28.1 Å². The fourth-order valence-electron chi connectivity index (χ4n) is 2.56. The Morgan fingerprint density at radius 3 is 2.38 bits per heavy atom. The van der Waals surface area contributed by atoms with Crippen LogP contribution < -0.4 is 4.90 Å². The second kappa shape index (κ2) is 10.5. The van der Waals surface area contributed by atoms with Crippen LogP contribution in [0.3, 0.4) is 0 Å². The Balaban J connectivity index is 2.17. The van der Waals surface area contributed by atoms with Gasteiger partial charge in [-0.05, 0) is 65.2 Å². The number of amides is 1. The Morgan fingerprint density at radius 1 is 1.17 bits per heavy atom. The van der Waals surface area contributed by atoms with Crippen molar-refractivity contribution >= 4 is 55.4 Å². The lowest BCUT2D eigenvalue weighted by molar-refractivity contribution is -0.144. The SMILES string of the molecule is CC(Br)OC(=O)CCc1ccc(C(=O)N(CC(=O)O)c2ccc(Br)cc2F)cc1. The van der Waals surface area contributed by atoms with E-state index in [9.17, 15) is 18.8 Å². The molecule has 0 radical (unpaired) electrons. The van der Waals surface area contributed by atoms with Gasteiger partial charge in [0.2, 0.25) is 0 Å². The fourth-order valence-corrected chi connectivity index (χ4v) is 3.10. The summed E-state index contributed by atoms with van der Waals surface area (Å²) in [4.78, 5) is 36.5. The summed E-state index contributed by atoms with van der Waals surface area (Å²) in [5.74, 6) is -2.98. The monoisotopic (exact) mass is 529 g/mol. The summed E-state index contributed by atoms with van der Waals surface area (Å²) in [7, 11) is 0. The first-order valence-corrected chi connectivity index (χ1v) is 10.3. The maximum Gasteiger partial charge on any atom is 0.323 e. The minimum atomic E-state index is -1.27. The van der Waals surface area contributed by atoms with Crippen molar-refractivity contribution in [3.05, 3.63) is 63.9 Å². The number of halogens is 3. The van der Waals surface area contributed by atoms with Crippen molar-refractivity contribution in [2.24, 2.45) is 0 Å². The van der Waals surface area contributed by atoms with E-state index < -0.39 is 24.2 Å². The molecule has 0 bridgehead atoms. The van der Waals surface area contributed by atoms with Crippen LogP contribution in [0.4, 0.5) is 10.1 Å². The van der Waals surface area contributed by atoms with Gasteiger partial charge in [0, 0.05) is 16.5 Å². The summed E-state index contributed by atoms with van der Waals surface area (Å²) in [6.45, 7) is 1.01. The summed E-state index contributed by atoms with van der Waals surface area (Å²) in [5.41, 5.74) is 0.880. The molecular weight excluding hydrogens is 513 g/mol. The first-order chi connectivity index (χ1) is 13.7. The number of esters is 1. The van der Waals surface area contributed by atoms with E-state index in [1.54, 1.807) is 19.1 Å². The zero-order chi connectivity index (χ0) is 21.6. The minimum absolute atomic E-state index is 0.128. The number of carbonyl (C=O) groups excluding carboxylic acids is 2. The van der Waals surface area contributed by atoms with E-state index in [0.29, 0.717) is 10.9 Å². The Kier molecular flexibility index (Phi) is 8.33. The first kappa shape index (κ1) is 23.0. The summed E-state index contributed by atoms with van der Waals surface area (Å²) >= 11 is 6.26. The summed E-state index contributed by atoms with van der Waals surface area (Å²) < 4.78 is 19.8. The number of rotatable bonds is 8. The highest BCUT2D eigenvalue weighted by Crippen LogP contribution is 2.25. The Hall–Kier alpha value is -2.26. The number of ether oxygens (including phenoxy) is 1. The second-order valence-corrected chi connectivity index (χ2v) is 8.32. The molecule has 0 aliphatic rings. The van der Waals surface area contributed by atoms with Gasteiger partial charge in [0.15, 0.2) is 5.01 Å². The zero-order valence-corrected chi connectivity index (χ0v) is 18.6. The molecule has 29 heavy (non-hydrogen) atoms. The molecule has 1 atom stereocenters. The number of hydrogen-bond acceptors (Lipinski definition) is 4. The van der Waals surface area contributed by atoms with E-state index in [2.05, 4.69) is 31.9 Å². The number of carbonyl (C=O) groups is 3. The molecule has 0 saturated carbocycles. The van der Waals surface area contributed by atoms with Crippen LogP contribution in [0.2, 0.25) is 0 Å². The molecule has 6 nitrogen and oxygen atoms in total. The third-order valence-electron chi connectivity index (χ3n) is 3.85. The van der Waals surface area contributed by atoms with E-state index in [-0.39, 0.29) is 28.7 Å². The van der Waals surface area contributed by atoms with Crippen molar-refractivity contribution < 1.29 is 28.6 Å². The molecule has 1 N–H and O–H groups in total. The van der Waals surface area contributed by atoms with Gasteiger partial charge in [-0.15, -0.1) is 0 Å². The Morgan fingerprint density at radius 2 is 1.83 bits per heavy atom. The molecule has 2 aromatic rings. The summed E-state index contributed by atoms with van der Waals surface area (Å²) in [6.07, 6.45) is 0.603. The number of aryl methyl sites for hydroxylation is 1. The molecule has 0 aromatic heterocycles. The zero-order valence-electron chi connectivity index (χ0n) is 15.4. The van der Waals surface area contributed by atoms with Crippen molar-refractivity contribution in [1.82, 2.24) is 0 Å². The van der Waals surface area contributed by atoms with Gasteiger partial charge in [0.1, 0.15) is 12.4 Å². The molecule has 0 aliphatic heterocycles. The number of nitrogens with zero attached hydrogens (tertiary/aromatic N) is 1. The van der Waals surface area contributed by atoms with E-state index >= 15 is 0 Å². The number of anilines is 1. The summed E-state index contributed by atoms with van der Waals surface area (Å²) in [6, 6.07) is 10.4. The maximum atomic E-state index is 14.3. The number of benzene rings is 2. The van der Waals surface area contributed by atoms with Crippen molar-refractivity contribution in [3.8, 4) is 0 Å². The molecule has 2 rings (SSSR count). The van der Waals surface area contributed by atoms with Crippen LogP contribution in [-0.2, 0) is 20.7 Å². The largest absolute Gasteiger partial charge is 0.480 e. The maximum absolute atomic E-state index is 14.3. The molecule has 0 spiro atoms. The number of carboxylic acids is 1. The highest BCUT2D eigenvalue weighted by molar-refractivity contribution is 9.10. The predicted octanol–water partition coefficient (Wildman–Crippen LogP) is 4.54. The van der Waals surface area contributed by atoms with Gasteiger partial charge in [0.05, 0.1) is 5.69 Å². The van der Waals surface area contributed by atoms with Gasteiger partial charge in [-0.3, -0.25) is 19.3 Å². The van der Waals surface area contributed by atoms with Gasteiger partial charge in [0.25, 0.3) is 5.91 Å². The molecular formula is C20H18Br2FNO5. The third-order valence-corrected chi connectivity index (χ3v) is 4.53. The van der Waals surface area contributed by atoms with Crippen LogP contribution in [-0.4, -0.2) is 34.5 Å².